The largest absolute Gasteiger partial charge is 0.382 e. The summed E-state index contributed by atoms with van der Waals surface area (Å²) in [6.07, 6.45) is 3.60. The van der Waals surface area contributed by atoms with E-state index in [1.807, 2.05) is 42.8 Å². The molecule has 10 heteroatoms. The minimum Gasteiger partial charge on any atom is -0.382 e. The van der Waals surface area contributed by atoms with Gasteiger partial charge in [0.25, 0.3) is 5.91 Å². The summed E-state index contributed by atoms with van der Waals surface area (Å²) < 4.78 is 16.1. The lowest BCUT2D eigenvalue weighted by atomic mass is 9.57. The summed E-state index contributed by atoms with van der Waals surface area (Å²) in [5.41, 5.74) is 4.45. The molecule has 1 aliphatic carbocycles. The van der Waals surface area contributed by atoms with Crippen LogP contribution in [0.15, 0.2) is 36.7 Å². The first-order chi connectivity index (χ1) is 20.1. The Morgan fingerprint density at radius 3 is 2.81 bits per heavy atom. The summed E-state index contributed by atoms with van der Waals surface area (Å²) >= 11 is 0. The molecule has 3 aliphatic rings. The Bertz CT molecular complexity index is 1540. The smallest absolute Gasteiger partial charge is 0.274 e. The molecule has 2 atom stereocenters. The first kappa shape index (κ1) is 28.3. The van der Waals surface area contributed by atoms with Crippen molar-refractivity contribution < 1.29 is 9.18 Å². The fraction of sp³-hybridized carbons (Fsp3) is 0.531. The number of nitriles is 1. The topological polar surface area (TPSA) is 112 Å². The third-order valence-corrected chi connectivity index (χ3v) is 9.43. The van der Waals surface area contributed by atoms with Crippen molar-refractivity contribution in [2.45, 2.75) is 70.0 Å². The summed E-state index contributed by atoms with van der Waals surface area (Å²) in [6.45, 7) is 9.01. The summed E-state index contributed by atoms with van der Waals surface area (Å²) in [5, 5.41) is 24.4. The lowest BCUT2D eigenvalue weighted by molar-refractivity contribution is 0.0927. The van der Waals surface area contributed by atoms with Gasteiger partial charge in [0, 0.05) is 56.7 Å². The van der Waals surface area contributed by atoms with Crippen molar-refractivity contribution in [1.82, 2.24) is 24.6 Å². The van der Waals surface area contributed by atoms with Crippen LogP contribution in [0.25, 0.3) is 0 Å². The van der Waals surface area contributed by atoms with E-state index < -0.39 is 6.17 Å². The van der Waals surface area contributed by atoms with Crippen LogP contribution >= 0.6 is 0 Å². The van der Waals surface area contributed by atoms with Gasteiger partial charge in [0.2, 0.25) is 0 Å². The summed E-state index contributed by atoms with van der Waals surface area (Å²) in [7, 11) is 1.94. The van der Waals surface area contributed by atoms with Crippen LogP contribution in [0, 0.1) is 23.2 Å². The van der Waals surface area contributed by atoms with Crippen LogP contribution in [0.1, 0.15) is 79.6 Å². The average Bonchev–Trinajstić information content (AvgIpc) is 3.50. The van der Waals surface area contributed by atoms with E-state index in [9.17, 15) is 14.4 Å². The van der Waals surface area contributed by atoms with Gasteiger partial charge in [-0.25, -0.2) is 9.37 Å². The van der Waals surface area contributed by atoms with Gasteiger partial charge in [-0.3, -0.25) is 9.69 Å². The lowest BCUT2D eigenvalue weighted by Gasteiger charge is -2.46. The highest BCUT2D eigenvalue weighted by atomic mass is 19.1. The minimum atomic E-state index is -0.761. The minimum absolute atomic E-state index is 0.0104. The first-order valence-electron chi connectivity index (χ1n) is 14.9. The Morgan fingerprint density at radius 1 is 1.29 bits per heavy atom. The van der Waals surface area contributed by atoms with E-state index in [2.05, 4.69) is 51.7 Å². The Kier molecular flexibility index (Phi) is 7.26. The van der Waals surface area contributed by atoms with E-state index in [4.69, 9.17) is 4.98 Å². The van der Waals surface area contributed by atoms with Crippen molar-refractivity contribution in [1.29, 1.82) is 5.26 Å². The van der Waals surface area contributed by atoms with E-state index in [1.54, 1.807) is 6.33 Å². The summed E-state index contributed by atoms with van der Waals surface area (Å²) in [5.74, 6) is 0.891. The number of nitrogens with one attached hydrogen (secondary N) is 2. The van der Waals surface area contributed by atoms with Crippen LogP contribution in [-0.2, 0) is 24.4 Å². The van der Waals surface area contributed by atoms with Crippen molar-refractivity contribution in [3.05, 3.63) is 65.0 Å². The van der Waals surface area contributed by atoms with Gasteiger partial charge in [0.15, 0.2) is 0 Å². The van der Waals surface area contributed by atoms with Gasteiger partial charge in [-0.15, -0.1) is 10.2 Å². The van der Waals surface area contributed by atoms with E-state index in [1.165, 1.54) is 0 Å². The second kappa shape index (κ2) is 10.8. The number of nitrogens with zero attached hydrogens (tertiary/aromatic N) is 6. The molecule has 1 saturated heterocycles. The lowest BCUT2D eigenvalue weighted by Crippen LogP contribution is -2.44. The molecule has 2 N–H and O–H groups in total. The monoisotopic (exact) mass is 570 g/mol. The van der Waals surface area contributed by atoms with Crippen LogP contribution in [-0.4, -0.2) is 56.4 Å². The molecule has 0 radical (unpaired) electrons. The number of pyridine rings is 1. The normalized spacial score (nSPS) is 26.5. The highest BCUT2D eigenvalue weighted by molar-refractivity contribution is 6.03. The highest BCUT2D eigenvalue weighted by Gasteiger charge is 2.49. The van der Waals surface area contributed by atoms with Crippen LogP contribution < -0.4 is 10.6 Å². The number of amides is 1. The number of halogens is 1. The van der Waals surface area contributed by atoms with Gasteiger partial charge in [-0.1, -0.05) is 32.9 Å². The molecule has 220 valence electrons. The number of rotatable bonds is 7. The van der Waals surface area contributed by atoms with Gasteiger partial charge >= 0.3 is 0 Å². The number of aryl methyl sites for hydroxylation is 1. The number of anilines is 2. The summed E-state index contributed by atoms with van der Waals surface area (Å²) in [6, 6.07) is 12.1. The van der Waals surface area contributed by atoms with Crippen LogP contribution in [0.3, 0.4) is 0 Å². The maximum Gasteiger partial charge on any atom is 0.274 e. The van der Waals surface area contributed by atoms with Crippen molar-refractivity contribution in [2.75, 3.05) is 30.3 Å². The molecule has 2 fully saturated rings. The molecule has 42 heavy (non-hydrogen) atoms. The van der Waals surface area contributed by atoms with E-state index in [0.717, 1.165) is 47.7 Å². The highest BCUT2D eigenvalue weighted by Crippen LogP contribution is 2.53. The molecule has 2 aliphatic heterocycles. The zero-order chi connectivity index (χ0) is 29.6. The number of piperidine rings is 1. The molecule has 1 saturated carbocycles. The molecule has 4 heterocycles. The van der Waals surface area contributed by atoms with Gasteiger partial charge in [-0.2, -0.15) is 5.26 Å². The Balaban J connectivity index is 1.28. The zero-order valence-corrected chi connectivity index (χ0v) is 24.8. The molecular weight excluding hydrogens is 531 g/mol. The fourth-order valence-corrected chi connectivity index (χ4v) is 7.06. The van der Waals surface area contributed by atoms with Gasteiger partial charge in [0.05, 0.1) is 22.9 Å². The average molecular weight is 571 g/mol. The number of carbonyl (C=O) groups is 1. The second-order valence-corrected chi connectivity index (χ2v) is 13.2. The van der Waals surface area contributed by atoms with Crippen LogP contribution in [0.4, 0.5) is 15.8 Å². The SMILES string of the molecule is C[C@@H]1CN(Cc2cc(C(=O)Nc3cccc(C4(c5nncn5C)CC(CC#N)C4)c3)nc3c2NCC3(C)C)CC[C@@H]1F. The molecule has 0 spiro atoms. The van der Waals surface area contributed by atoms with Crippen molar-refractivity contribution in [2.24, 2.45) is 18.9 Å². The molecule has 1 aromatic carbocycles. The van der Waals surface area contributed by atoms with Crippen LogP contribution in [0.2, 0.25) is 0 Å². The zero-order valence-electron chi connectivity index (χ0n) is 24.8. The van der Waals surface area contributed by atoms with Gasteiger partial charge < -0.3 is 15.2 Å². The standard InChI is InChI=1S/C32H39FN8O/c1-20-16-41(11-9-25(20)33)17-22-12-26(38-28-27(22)35-18-31(28,2)3)29(42)37-24-7-5-6-23(13-24)32(14-21(15-32)8-10-34)30-39-36-19-40(30)4/h5-7,12-13,19-21,25,35H,8-9,11,14-18H2,1-4H3,(H,37,42)/t20-,21?,25+,32?/m1/s1. The fourth-order valence-electron chi connectivity index (χ4n) is 7.06. The Labute approximate surface area is 246 Å². The predicted molar refractivity (Wildman–Crippen MR) is 159 cm³/mol. The van der Waals surface area contributed by atoms with E-state index in [-0.39, 0.29) is 22.7 Å². The van der Waals surface area contributed by atoms with Crippen molar-refractivity contribution >= 4 is 17.3 Å². The van der Waals surface area contributed by atoms with Gasteiger partial charge in [-0.05, 0) is 54.5 Å². The number of alkyl halides is 1. The number of carbonyl (C=O) groups excluding carboxylic acids is 1. The predicted octanol–water partition coefficient (Wildman–Crippen LogP) is 4.96. The molecular formula is C32H39FN8O. The van der Waals surface area contributed by atoms with Crippen molar-refractivity contribution in [3.8, 4) is 6.07 Å². The molecule has 2 aromatic heterocycles. The third-order valence-electron chi connectivity index (χ3n) is 9.43. The van der Waals surface area contributed by atoms with Crippen LogP contribution in [0.5, 0.6) is 0 Å². The molecule has 9 nitrogen and oxygen atoms in total. The molecule has 0 bridgehead atoms. The second-order valence-electron chi connectivity index (χ2n) is 13.2. The Hall–Kier alpha value is -3.84. The third kappa shape index (κ3) is 5.04. The quantitative estimate of drug-likeness (QED) is 0.413. The summed E-state index contributed by atoms with van der Waals surface area (Å²) in [4.78, 5) is 20.8. The number of fused-ring (bicyclic) bond motifs is 1. The number of aromatic nitrogens is 4. The maximum atomic E-state index is 14.1. The number of hydrogen-bond donors (Lipinski definition) is 2. The number of benzene rings is 1. The number of hydrogen-bond acceptors (Lipinski definition) is 7. The Morgan fingerprint density at radius 2 is 2.10 bits per heavy atom. The molecule has 3 aromatic rings. The molecule has 1 amide bonds. The van der Waals surface area contributed by atoms with Crippen molar-refractivity contribution in [3.63, 3.8) is 0 Å². The first-order valence-corrected chi connectivity index (χ1v) is 14.9. The molecule has 0 unspecified atom stereocenters. The van der Waals surface area contributed by atoms with E-state index >= 15 is 0 Å². The van der Waals surface area contributed by atoms with E-state index in [0.29, 0.717) is 49.8 Å². The maximum absolute atomic E-state index is 14.1. The molecule has 6 rings (SSSR count). The van der Waals surface area contributed by atoms with Gasteiger partial charge in [0.1, 0.15) is 24.0 Å². The number of likely N-dealkylation sites (tertiary alicyclic amines) is 1.